The van der Waals surface area contributed by atoms with Gasteiger partial charge in [0.1, 0.15) is 6.17 Å². The number of hydrogen-bond acceptors (Lipinski definition) is 3. The van der Waals surface area contributed by atoms with Crippen molar-refractivity contribution in [3.63, 3.8) is 0 Å². The molecule has 1 aliphatic rings. The molecule has 1 atom stereocenters. The molecule has 3 nitrogen and oxygen atoms in total. The van der Waals surface area contributed by atoms with Gasteiger partial charge in [0.25, 0.3) is 0 Å². The number of nitrogens with zero attached hydrogens (tertiary/aromatic N) is 2. The lowest BCUT2D eigenvalue weighted by Crippen LogP contribution is -2.34. The molecule has 1 rings (SSSR count). The third kappa shape index (κ3) is 11.2. The third-order valence-electron chi connectivity index (χ3n) is 5.25. The summed E-state index contributed by atoms with van der Waals surface area (Å²) in [5.41, 5.74) is 5.65. The van der Waals surface area contributed by atoms with Gasteiger partial charge >= 0.3 is 0 Å². The molecule has 0 amide bonds. The quantitative estimate of drug-likeness (QED) is 0.355. The summed E-state index contributed by atoms with van der Waals surface area (Å²) in [5, 5.41) is 0. The van der Waals surface area contributed by atoms with Gasteiger partial charge in [0.15, 0.2) is 0 Å². The van der Waals surface area contributed by atoms with Crippen LogP contribution in [0.2, 0.25) is 0 Å². The molecule has 24 heavy (non-hydrogen) atoms. The van der Waals surface area contributed by atoms with Crippen LogP contribution in [0.4, 0.5) is 0 Å². The third-order valence-corrected chi connectivity index (χ3v) is 5.25. The van der Waals surface area contributed by atoms with Gasteiger partial charge in [0.05, 0.1) is 0 Å². The first-order valence-corrected chi connectivity index (χ1v) is 10.8. The Kier molecular flexibility index (Phi) is 14.5. The minimum absolute atomic E-state index is 0.422. The Morgan fingerprint density at radius 3 is 1.83 bits per heavy atom. The molecular weight excluding hydrogens is 294 g/mol. The molecule has 0 radical (unpaired) electrons. The number of hydrogen-bond donors (Lipinski definition) is 1. The lowest BCUT2D eigenvalue weighted by molar-refractivity contribution is 0.241. The van der Waals surface area contributed by atoms with Crippen molar-refractivity contribution in [1.29, 1.82) is 0 Å². The molecule has 0 aromatic rings. The van der Waals surface area contributed by atoms with E-state index < -0.39 is 0 Å². The van der Waals surface area contributed by atoms with Crippen molar-refractivity contribution in [2.24, 2.45) is 10.7 Å². The van der Waals surface area contributed by atoms with E-state index in [1.54, 1.807) is 0 Å². The van der Waals surface area contributed by atoms with Gasteiger partial charge in [-0.3, -0.25) is 9.89 Å². The molecule has 0 bridgehead atoms. The fraction of sp³-hybridized carbons (Fsp3) is 0.952. The molecule has 3 heteroatoms. The Morgan fingerprint density at radius 2 is 1.33 bits per heavy atom. The van der Waals surface area contributed by atoms with E-state index in [1.807, 2.05) is 0 Å². The molecule has 0 aromatic carbocycles. The highest BCUT2D eigenvalue weighted by Gasteiger charge is 2.19. The van der Waals surface area contributed by atoms with Crippen molar-refractivity contribution in [3.8, 4) is 0 Å². The fourth-order valence-corrected chi connectivity index (χ4v) is 3.67. The molecular formula is C21H43N3. The Balaban J connectivity index is 1.77. The van der Waals surface area contributed by atoms with Crippen LogP contribution in [0.3, 0.4) is 0 Å². The first-order chi connectivity index (χ1) is 11.9. The zero-order chi connectivity index (χ0) is 17.3. The van der Waals surface area contributed by atoms with Gasteiger partial charge in [-0.15, -0.1) is 0 Å². The smallest absolute Gasteiger partial charge is 0.102 e. The Hall–Kier alpha value is -0.410. The number of nitrogens with two attached hydrogens (primary N) is 1. The molecule has 0 aliphatic carbocycles. The molecule has 142 valence electrons. The Bertz CT molecular complexity index is 291. The predicted molar refractivity (Wildman–Crippen MR) is 108 cm³/mol. The van der Waals surface area contributed by atoms with E-state index in [4.69, 9.17) is 5.73 Å². The minimum atomic E-state index is 0.422. The van der Waals surface area contributed by atoms with Crippen molar-refractivity contribution in [2.45, 2.75) is 109 Å². The summed E-state index contributed by atoms with van der Waals surface area (Å²) in [6.45, 7) is 5.03. The standard InChI is InChI=1S/C21H43N3/c1-2-3-4-5-6-7-8-9-10-11-12-13-14-15-16-21-23-18-20-24(21)19-17-22/h18,21H,2-17,19-20,22H2,1H3. The average Bonchev–Trinajstić information content (AvgIpc) is 3.03. The van der Waals surface area contributed by atoms with Gasteiger partial charge < -0.3 is 5.73 Å². The SMILES string of the molecule is CCCCCCCCCCCCCCCCC1N=CCN1CCN. The number of unbranched alkanes of at least 4 members (excludes halogenated alkanes) is 13. The van der Waals surface area contributed by atoms with E-state index in [2.05, 4.69) is 23.0 Å². The second-order valence-electron chi connectivity index (χ2n) is 7.48. The lowest BCUT2D eigenvalue weighted by Gasteiger charge is -2.21. The highest BCUT2D eigenvalue weighted by Crippen LogP contribution is 2.16. The summed E-state index contributed by atoms with van der Waals surface area (Å²) in [5.74, 6) is 0. The van der Waals surface area contributed by atoms with Crippen molar-refractivity contribution >= 4 is 6.21 Å². The minimum Gasteiger partial charge on any atom is -0.329 e. The van der Waals surface area contributed by atoms with Crippen molar-refractivity contribution in [3.05, 3.63) is 0 Å². The van der Waals surface area contributed by atoms with Gasteiger partial charge in [-0.05, 0) is 12.8 Å². The van der Waals surface area contributed by atoms with Gasteiger partial charge in [-0.2, -0.15) is 0 Å². The first-order valence-electron chi connectivity index (χ1n) is 10.8. The second-order valence-corrected chi connectivity index (χ2v) is 7.48. The topological polar surface area (TPSA) is 41.6 Å². The van der Waals surface area contributed by atoms with Crippen LogP contribution in [-0.2, 0) is 0 Å². The molecule has 2 N–H and O–H groups in total. The normalized spacial score (nSPS) is 17.8. The molecule has 1 unspecified atom stereocenters. The second kappa shape index (κ2) is 16.1. The molecule has 0 aromatic heterocycles. The lowest BCUT2D eigenvalue weighted by atomic mass is 10.0. The maximum Gasteiger partial charge on any atom is 0.102 e. The summed E-state index contributed by atoms with van der Waals surface area (Å²) in [6.07, 6.45) is 23.7. The van der Waals surface area contributed by atoms with Crippen molar-refractivity contribution in [2.75, 3.05) is 19.6 Å². The highest BCUT2D eigenvalue weighted by molar-refractivity contribution is 5.62. The van der Waals surface area contributed by atoms with Crippen molar-refractivity contribution < 1.29 is 0 Å². The van der Waals surface area contributed by atoms with Crippen LogP contribution in [0.25, 0.3) is 0 Å². The van der Waals surface area contributed by atoms with Crippen LogP contribution in [0.15, 0.2) is 4.99 Å². The van der Waals surface area contributed by atoms with Gasteiger partial charge in [0.2, 0.25) is 0 Å². The first kappa shape index (κ1) is 21.6. The summed E-state index contributed by atoms with van der Waals surface area (Å²) >= 11 is 0. The highest BCUT2D eigenvalue weighted by atomic mass is 15.3. The van der Waals surface area contributed by atoms with Crippen LogP contribution >= 0.6 is 0 Å². The Labute approximate surface area is 151 Å². The average molecular weight is 338 g/mol. The molecule has 0 fully saturated rings. The van der Waals surface area contributed by atoms with E-state index in [-0.39, 0.29) is 0 Å². The zero-order valence-corrected chi connectivity index (χ0v) is 16.4. The summed E-state index contributed by atoms with van der Waals surface area (Å²) in [6, 6.07) is 0. The van der Waals surface area contributed by atoms with Gasteiger partial charge in [-0.1, -0.05) is 90.4 Å². The van der Waals surface area contributed by atoms with Crippen LogP contribution < -0.4 is 5.73 Å². The largest absolute Gasteiger partial charge is 0.329 e. The summed E-state index contributed by atoms with van der Waals surface area (Å²) in [4.78, 5) is 6.99. The molecule has 1 aliphatic heterocycles. The molecule has 0 spiro atoms. The van der Waals surface area contributed by atoms with E-state index in [9.17, 15) is 0 Å². The summed E-state index contributed by atoms with van der Waals surface area (Å²) in [7, 11) is 0. The number of aliphatic imine (C=N–C) groups is 1. The monoisotopic (exact) mass is 337 g/mol. The van der Waals surface area contributed by atoms with Gasteiger partial charge in [-0.25, -0.2) is 0 Å². The number of rotatable bonds is 17. The van der Waals surface area contributed by atoms with E-state index >= 15 is 0 Å². The molecule has 0 saturated carbocycles. The van der Waals surface area contributed by atoms with Gasteiger partial charge in [0, 0.05) is 25.8 Å². The maximum atomic E-state index is 5.65. The van der Waals surface area contributed by atoms with Crippen LogP contribution in [0.5, 0.6) is 0 Å². The maximum absolute atomic E-state index is 5.65. The fourth-order valence-electron chi connectivity index (χ4n) is 3.67. The predicted octanol–water partition coefficient (Wildman–Crippen LogP) is 5.53. The molecule has 1 heterocycles. The van der Waals surface area contributed by atoms with Crippen LogP contribution in [0, 0.1) is 0 Å². The van der Waals surface area contributed by atoms with Crippen molar-refractivity contribution in [1.82, 2.24) is 4.90 Å². The zero-order valence-electron chi connectivity index (χ0n) is 16.4. The van der Waals surface area contributed by atoms with E-state index in [0.29, 0.717) is 6.17 Å². The summed E-state index contributed by atoms with van der Waals surface area (Å²) < 4.78 is 0. The van der Waals surface area contributed by atoms with E-state index in [1.165, 1.54) is 96.3 Å². The van der Waals surface area contributed by atoms with Crippen LogP contribution in [-0.4, -0.2) is 36.9 Å². The Morgan fingerprint density at radius 1 is 0.833 bits per heavy atom. The molecule has 0 saturated heterocycles. The van der Waals surface area contributed by atoms with Crippen LogP contribution in [0.1, 0.15) is 103 Å². The van der Waals surface area contributed by atoms with E-state index in [0.717, 1.165) is 19.6 Å².